The van der Waals surface area contributed by atoms with Crippen molar-refractivity contribution in [2.45, 2.75) is 46.1 Å². The number of piperazine rings is 1. The molecule has 214 valence electrons. The predicted molar refractivity (Wildman–Crippen MR) is 141 cm³/mol. The molecule has 0 aromatic heterocycles. The molecule has 0 amide bonds. The zero-order valence-corrected chi connectivity index (χ0v) is 23.4. The van der Waals surface area contributed by atoms with Gasteiger partial charge in [0.25, 0.3) is 0 Å². The topological polar surface area (TPSA) is 121 Å². The number of allylic oxidation sites excluding steroid dienone is 2. The zero-order chi connectivity index (χ0) is 28.5. The fourth-order valence-electron chi connectivity index (χ4n) is 4.57. The van der Waals surface area contributed by atoms with Gasteiger partial charge in [0.05, 0.1) is 14.2 Å². The van der Waals surface area contributed by atoms with E-state index in [4.69, 9.17) is 18.9 Å². The molecule has 11 nitrogen and oxygen atoms in total. The Bertz CT molecular complexity index is 1120. The van der Waals surface area contributed by atoms with Crippen molar-refractivity contribution in [3.63, 3.8) is 0 Å². The molecule has 0 radical (unpaired) electrons. The molecule has 3 rings (SSSR count). The molecule has 1 fully saturated rings. The highest BCUT2D eigenvalue weighted by molar-refractivity contribution is 6.00. The van der Waals surface area contributed by atoms with E-state index in [2.05, 4.69) is 21.6 Å². The van der Waals surface area contributed by atoms with Gasteiger partial charge in [-0.05, 0) is 39.3 Å². The van der Waals surface area contributed by atoms with Crippen LogP contribution in [0.4, 0.5) is 0 Å². The third-order valence-corrected chi connectivity index (χ3v) is 7.00. The normalized spacial score (nSPS) is 15.9. The Morgan fingerprint density at radius 2 is 1.72 bits per heavy atom. The van der Waals surface area contributed by atoms with E-state index in [0.29, 0.717) is 35.5 Å². The predicted octanol–water partition coefficient (Wildman–Crippen LogP) is 2.20. The maximum atomic E-state index is 12.5. The Kier molecular flexibility index (Phi) is 10.9. The molecule has 2 aliphatic rings. The molecule has 0 bridgehead atoms. The Balaban J connectivity index is 1.67. The second kappa shape index (κ2) is 14.1. The van der Waals surface area contributed by atoms with E-state index in [1.807, 2.05) is 13.0 Å². The Labute approximate surface area is 228 Å². The summed E-state index contributed by atoms with van der Waals surface area (Å²) in [5.41, 5.74) is 2.81. The molecule has 0 unspecified atom stereocenters. The lowest BCUT2D eigenvalue weighted by Gasteiger charge is -2.32. The number of rotatable bonds is 12. The summed E-state index contributed by atoms with van der Waals surface area (Å²) in [6.07, 6.45) is 2.26. The first kappa shape index (κ1) is 30.1. The van der Waals surface area contributed by atoms with Gasteiger partial charge in [-0.3, -0.25) is 19.3 Å². The summed E-state index contributed by atoms with van der Waals surface area (Å²) in [6, 6.07) is 0. The lowest BCUT2D eigenvalue weighted by molar-refractivity contribution is -0.148. The summed E-state index contributed by atoms with van der Waals surface area (Å²) in [7, 11) is 4.76. The van der Waals surface area contributed by atoms with Gasteiger partial charge < -0.3 is 28.6 Å². The molecule has 2 heterocycles. The minimum atomic E-state index is -0.865. The summed E-state index contributed by atoms with van der Waals surface area (Å²) in [6.45, 7) is 8.79. The van der Waals surface area contributed by atoms with E-state index in [0.717, 1.165) is 38.3 Å². The second-order valence-electron chi connectivity index (χ2n) is 9.74. The summed E-state index contributed by atoms with van der Waals surface area (Å²) in [5.74, 6) is -2.03. The minimum Gasteiger partial charge on any atom is -0.496 e. The van der Waals surface area contributed by atoms with Crippen molar-refractivity contribution >= 4 is 23.9 Å². The van der Waals surface area contributed by atoms with Crippen LogP contribution in [0.1, 0.15) is 53.2 Å². The van der Waals surface area contributed by atoms with Crippen LogP contribution >= 0.6 is 0 Å². The number of carbonyl (C=O) groups is 4. The monoisotopic (exact) mass is 546 g/mol. The minimum absolute atomic E-state index is 0.0104. The van der Waals surface area contributed by atoms with Crippen molar-refractivity contribution in [1.82, 2.24) is 9.80 Å². The fraction of sp³-hybridized carbons (Fsp3) is 0.571. The summed E-state index contributed by atoms with van der Waals surface area (Å²) in [5, 5.41) is 0. The maximum Gasteiger partial charge on any atom is 0.342 e. The Morgan fingerprint density at radius 3 is 2.38 bits per heavy atom. The van der Waals surface area contributed by atoms with Crippen LogP contribution in [0.2, 0.25) is 0 Å². The van der Waals surface area contributed by atoms with Gasteiger partial charge >= 0.3 is 23.9 Å². The van der Waals surface area contributed by atoms with Gasteiger partial charge in [0, 0.05) is 50.3 Å². The van der Waals surface area contributed by atoms with Gasteiger partial charge in [-0.15, -0.1) is 0 Å². The van der Waals surface area contributed by atoms with Crippen LogP contribution in [0.25, 0.3) is 0 Å². The first-order valence-electron chi connectivity index (χ1n) is 13.0. The van der Waals surface area contributed by atoms with Crippen LogP contribution in [0, 0.1) is 6.92 Å². The molecule has 11 heteroatoms. The largest absolute Gasteiger partial charge is 0.496 e. The van der Waals surface area contributed by atoms with Crippen LogP contribution in [0.3, 0.4) is 0 Å². The average Bonchev–Trinajstić information content (AvgIpc) is 3.30. The van der Waals surface area contributed by atoms with E-state index >= 15 is 0 Å². The number of fused-ring (bicyclic) bond motifs is 1. The molecule has 0 aliphatic carbocycles. The number of ether oxygens (including phenoxy) is 5. The molecule has 1 saturated heterocycles. The highest BCUT2D eigenvalue weighted by Crippen LogP contribution is 2.43. The van der Waals surface area contributed by atoms with Crippen molar-refractivity contribution in [2.24, 2.45) is 0 Å². The highest BCUT2D eigenvalue weighted by Gasteiger charge is 2.34. The number of carbonyl (C=O) groups excluding carboxylic acids is 4. The van der Waals surface area contributed by atoms with E-state index in [1.54, 1.807) is 6.92 Å². The lowest BCUT2D eigenvalue weighted by Crippen LogP contribution is -2.45. The van der Waals surface area contributed by atoms with E-state index in [9.17, 15) is 19.2 Å². The van der Waals surface area contributed by atoms with Gasteiger partial charge in [-0.1, -0.05) is 11.6 Å². The average molecular weight is 547 g/mol. The lowest BCUT2D eigenvalue weighted by atomic mass is 9.94. The van der Waals surface area contributed by atoms with Crippen molar-refractivity contribution in [3.8, 4) is 11.5 Å². The Hall–Kier alpha value is -3.44. The molecule has 1 aromatic rings. The van der Waals surface area contributed by atoms with Gasteiger partial charge in [0.2, 0.25) is 0 Å². The van der Waals surface area contributed by atoms with Crippen molar-refractivity contribution < 1.29 is 42.9 Å². The molecule has 0 spiro atoms. The Morgan fingerprint density at radius 1 is 1.00 bits per heavy atom. The summed E-state index contributed by atoms with van der Waals surface area (Å²) >= 11 is 0. The molecular formula is C28H38N2O9. The number of hydrogen-bond acceptors (Lipinski definition) is 11. The van der Waals surface area contributed by atoms with Crippen LogP contribution in [0.15, 0.2) is 11.6 Å². The second-order valence-corrected chi connectivity index (χ2v) is 9.74. The van der Waals surface area contributed by atoms with Crippen molar-refractivity contribution in [1.29, 1.82) is 0 Å². The van der Waals surface area contributed by atoms with Crippen molar-refractivity contribution in [3.05, 3.63) is 33.9 Å². The number of likely N-dealkylation sites (N-methyl/N-ethyl adjacent to an activating group) is 1. The molecule has 1 aromatic carbocycles. The molecular weight excluding hydrogens is 508 g/mol. The number of methoxy groups -OCH3 is 2. The van der Waals surface area contributed by atoms with E-state index < -0.39 is 24.3 Å². The number of nitrogens with zero attached hydrogens (tertiary/aromatic N) is 2. The quantitative estimate of drug-likeness (QED) is 0.126. The molecule has 0 atom stereocenters. The number of cyclic esters (lactones) is 1. The molecule has 0 saturated carbocycles. The van der Waals surface area contributed by atoms with Gasteiger partial charge in [0.15, 0.2) is 5.75 Å². The third-order valence-electron chi connectivity index (χ3n) is 7.00. The zero-order valence-electron chi connectivity index (χ0n) is 23.4. The SMILES string of the molecule is COC(=O)CC(=O)Oc1c(C/C=C(\C)CCC(=O)OCCN2CCN(C)CC2)c(OC)c(C)c2c1C(=O)OC2. The van der Waals surface area contributed by atoms with Crippen LogP contribution < -0.4 is 9.47 Å². The number of hydrogen-bond donors (Lipinski definition) is 0. The van der Waals surface area contributed by atoms with Crippen LogP contribution in [-0.2, 0) is 41.6 Å². The van der Waals surface area contributed by atoms with Crippen LogP contribution in [0.5, 0.6) is 11.5 Å². The first-order chi connectivity index (χ1) is 18.6. The smallest absolute Gasteiger partial charge is 0.342 e. The van der Waals surface area contributed by atoms with E-state index in [-0.39, 0.29) is 36.7 Å². The highest BCUT2D eigenvalue weighted by atomic mass is 16.6. The number of benzene rings is 1. The summed E-state index contributed by atoms with van der Waals surface area (Å²) < 4.78 is 26.3. The fourth-order valence-corrected chi connectivity index (χ4v) is 4.57. The van der Waals surface area contributed by atoms with Gasteiger partial charge in [-0.2, -0.15) is 0 Å². The molecule has 2 aliphatic heterocycles. The maximum absolute atomic E-state index is 12.5. The molecule has 39 heavy (non-hydrogen) atoms. The molecule has 0 N–H and O–H groups in total. The standard InChI is InChI=1S/C28H38N2O9/c1-18(7-9-22(31)37-15-14-30-12-10-29(3)11-13-30)6-8-20-26(36-5)19(2)21-17-38-28(34)25(21)27(20)39-24(33)16-23(32)35-4/h6H,7-17H2,1-5H3/b18-6+. The van der Waals surface area contributed by atoms with Crippen molar-refractivity contribution in [2.75, 3.05) is 60.6 Å². The first-order valence-corrected chi connectivity index (χ1v) is 13.0. The summed E-state index contributed by atoms with van der Waals surface area (Å²) in [4.78, 5) is 53.4. The van der Waals surface area contributed by atoms with Gasteiger partial charge in [-0.25, -0.2) is 4.79 Å². The third kappa shape index (κ3) is 8.03. The number of esters is 4. The van der Waals surface area contributed by atoms with Crippen LogP contribution in [-0.4, -0.2) is 94.3 Å². The van der Waals surface area contributed by atoms with E-state index in [1.165, 1.54) is 14.2 Å². The van der Waals surface area contributed by atoms with Gasteiger partial charge in [0.1, 0.15) is 30.9 Å².